The van der Waals surface area contributed by atoms with Crippen LogP contribution in [0.3, 0.4) is 0 Å². The molecule has 1 aromatic carbocycles. The average Bonchev–Trinajstić information content (AvgIpc) is 2.31. The third-order valence-electron chi connectivity index (χ3n) is 2.43. The van der Waals surface area contributed by atoms with Crippen LogP contribution in [0.1, 0.15) is 23.7 Å². The first-order valence-corrected chi connectivity index (χ1v) is 6.82. The minimum absolute atomic E-state index is 0.00422. The van der Waals surface area contributed by atoms with Crippen molar-refractivity contribution in [3.8, 4) is 0 Å². The average molecular weight is 256 g/mol. The number of carbonyl (C=O) groups is 1. The molecule has 1 amide bonds. The predicted octanol–water partition coefficient (Wildman–Crippen LogP) is 2.28. The van der Waals surface area contributed by atoms with Crippen LogP contribution in [-0.2, 0) is 0 Å². The molecule has 94 valence electrons. The van der Waals surface area contributed by atoms with Crippen molar-refractivity contribution in [1.82, 2.24) is 5.32 Å². The fourth-order valence-electron chi connectivity index (χ4n) is 1.44. The van der Waals surface area contributed by atoms with Gasteiger partial charge >= 0.3 is 0 Å². The number of carbonyl (C=O) groups excluding carboxylic acids is 1. The number of amides is 1. The summed E-state index contributed by atoms with van der Waals surface area (Å²) in [6, 6.07) is 4.06. The van der Waals surface area contributed by atoms with Gasteiger partial charge in [-0.1, -0.05) is 6.92 Å². The fraction of sp³-hybridized carbons (Fsp3) is 0.417. The van der Waals surface area contributed by atoms with Gasteiger partial charge in [-0.15, -0.1) is 0 Å². The molecule has 0 aliphatic heterocycles. The van der Waals surface area contributed by atoms with Crippen molar-refractivity contribution >= 4 is 23.4 Å². The minimum Gasteiger partial charge on any atom is -0.399 e. The Kier molecular flexibility index (Phi) is 5.28. The first kappa shape index (κ1) is 13.8. The summed E-state index contributed by atoms with van der Waals surface area (Å²) in [6.45, 7) is 1.98. The van der Waals surface area contributed by atoms with Crippen LogP contribution in [0.2, 0.25) is 0 Å². The maximum Gasteiger partial charge on any atom is 0.254 e. The van der Waals surface area contributed by atoms with E-state index in [9.17, 15) is 9.18 Å². The lowest BCUT2D eigenvalue weighted by atomic mass is 10.1. The smallest absolute Gasteiger partial charge is 0.254 e. The quantitative estimate of drug-likeness (QED) is 0.795. The topological polar surface area (TPSA) is 55.1 Å². The van der Waals surface area contributed by atoms with Gasteiger partial charge in [-0.2, -0.15) is 11.8 Å². The second-order valence-electron chi connectivity index (χ2n) is 3.77. The van der Waals surface area contributed by atoms with Crippen molar-refractivity contribution in [2.75, 3.05) is 17.7 Å². The molecule has 1 aromatic rings. The van der Waals surface area contributed by atoms with Crippen molar-refractivity contribution in [2.24, 2.45) is 0 Å². The maximum absolute atomic E-state index is 13.4. The summed E-state index contributed by atoms with van der Waals surface area (Å²) in [7, 11) is 0. The van der Waals surface area contributed by atoms with Gasteiger partial charge in [0.15, 0.2) is 0 Å². The minimum atomic E-state index is -0.546. The number of nitrogen functional groups attached to an aromatic ring is 1. The van der Waals surface area contributed by atoms with Crippen LogP contribution in [0.5, 0.6) is 0 Å². The second-order valence-corrected chi connectivity index (χ2v) is 4.68. The van der Waals surface area contributed by atoms with Crippen LogP contribution >= 0.6 is 11.8 Å². The highest BCUT2D eigenvalue weighted by Crippen LogP contribution is 2.12. The summed E-state index contributed by atoms with van der Waals surface area (Å²) >= 11 is 1.65. The molecule has 1 atom stereocenters. The SMILES string of the molecule is CCC(CSC)NC(=O)c1cc(N)ccc1F. The van der Waals surface area contributed by atoms with E-state index < -0.39 is 11.7 Å². The van der Waals surface area contributed by atoms with Gasteiger partial charge in [-0.25, -0.2) is 4.39 Å². The standard InChI is InChI=1S/C12H17FN2OS/c1-3-9(7-17-2)15-12(16)10-6-8(14)4-5-11(10)13/h4-6,9H,3,7,14H2,1-2H3,(H,15,16). The van der Waals surface area contributed by atoms with Crippen molar-refractivity contribution in [2.45, 2.75) is 19.4 Å². The lowest BCUT2D eigenvalue weighted by Gasteiger charge is -2.16. The fourth-order valence-corrected chi connectivity index (χ4v) is 2.16. The lowest BCUT2D eigenvalue weighted by Crippen LogP contribution is -2.36. The molecule has 0 saturated heterocycles. The Labute approximate surface area is 105 Å². The van der Waals surface area contributed by atoms with E-state index >= 15 is 0 Å². The number of thioether (sulfide) groups is 1. The first-order chi connectivity index (χ1) is 8.08. The molecule has 0 aliphatic rings. The molecule has 5 heteroatoms. The molecule has 1 rings (SSSR count). The molecule has 0 heterocycles. The Balaban J connectivity index is 2.78. The summed E-state index contributed by atoms with van der Waals surface area (Å²) in [5, 5.41) is 2.80. The Hall–Kier alpha value is -1.23. The number of nitrogens with two attached hydrogens (primary N) is 1. The van der Waals surface area contributed by atoms with Gasteiger partial charge < -0.3 is 11.1 Å². The summed E-state index contributed by atoms with van der Waals surface area (Å²) in [5.41, 5.74) is 5.92. The molecule has 0 bridgehead atoms. The van der Waals surface area contributed by atoms with Gasteiger partial charge in [0.05, 0.1) is 5.56 Å². The van der Waals surface area contributed by atoms with E-state index in [4.69, 9.17) is 5.73 Å². The van der Waals surface area contributed by atoms with E-state index in [-0.39, 0.29) is 11.6 Å². The van der Waals surface area contributed by atoms with Gasteiger partial charge in [0, 0.05) is 17.5 Å². The van der Waals surface area contributed by atoms with Crippen molar-refractivity contribution < 1.29 is 9.18 Å². The molecule has 0 aliphatic carbocycles. The van der Waals surface area contributed by atoms with Gasteiger partial charge in [0.1, 0.15) is 5.82 Å². The normalized spacial score (nSPS) is 12.2. The van der Waals surface area contributed by atoms with Crippen LogP contribution in [0.25, 0.3) is 0 Å². The number of hydrogen-bond acceptors (Lipinski definition) is 3. The number of rotatable bonds is 5. The highest BCUT2D eigenvalue weighted by molar-refractivity contribution is 7.98. The van der Waals surface area contributed by atoms with Crippen molar-refractivity contribution in [1.29, 1.82) is 0 Å². The monoisotopic (exact) mass is 256 g/mol. The molecule has 0 saturated carbocycles. The number of halogens is 1. The number of hydrogen-bond donors (Lipinski definition) is 2. The Morgan fingerprint density at radius 1 is 1.59 bits per heavy atom. The molecule has 0 spiro atoms. The van der Waals surface area contributed by atoms with Crippen LogP contribution in [-0.4, -0.2) is 24.0 Å². The van der Waals surface area contributed by atoms with E-state index in [1.54, 1.807) is 11.8 Å². The van der Waals surface area contributed by atoms with Crippen LogP contribution in [0.4, 0.5) is 10.1 Å². The summed E-state index contributed by atoms with van der Waals surface area (Å²) in [5.74, 6) is -0.141. The Bertz CT molecular complexity index is 398. The molecule has 3 N–H and O–H groups in total. The van der Waals surface area contributed by atoms with Gasteiger partial charge in [0.2, 0.25) is 0 Å². The largest absolute Gasteiger partial charge is 0.399 e. The van der Waals surface area contributed by atoms with Gasteiger partial charge in [-0.05, 0) is 30.9 Å². The molecule has 0 fully saturated rings. The molecule has 3 nitrogen and oxygen atoms in total. The summed E-state index contributed by atoms with van der Waals surface area (Å²) in [4.78, 5) is 11.8. The zero-order valence-corrected chi connectivity index (χ0v) is 10.8. The summed E-state index contributed by atoms with van der Waals surface area (Å²) < 4.78 is 13.4. The van der Waals surface area contributed by atoms with Gasteiger partial charge in [-0.3, -0.25) is 4.79 Å². The zero-order valence-electron chi connectivity index (χ0n) is 10.00. The van der Waals surface area contributed by atoms with Crippen LogP contribution in [0.15, 0.2) is 18.2 Å². The molecule has 17 heavy (non-hydrogen) atoms. The van der Waals surface area contributed by atoms with Crippen molar-refractivity contribution in [3.05, 3.63) is 29.6 Å². The maximum atomic E-state index is 13.4. The van der Waals surface area contributed by atoms with E-state index in [0.717, 1.165) is 12.2 Å². The number of benzene rings is 1. The number of nitrogens with one attached hydrogen (secondary N) is 1. The molecular weight excluding hydrogens is 239 g/mol. The highest BCUT2D eigenvalue weighted by atomic mass is 32.2. The second kappa shape index (κ2) is 6.49. The Morgan fingerprint density at radius 2 is 2.29 bits per heavy atom. The van der Waals surface area contributed by atoms with E-state index in [0.29, 0.717) is 5.69 Å². The molecule has 0 radical (unpaired) electrons. The van der Waals surface area contributed by atoms with E-state index in [1.165, 1.54) is 18.2 Å². The van der Waals surface area contributed by atoms with Gasteiger partial charge in [0.25, 0.3) is 5.91 Å². The molecular formula is C12H17FN2OS. The van der Waals surface area contributed by atoms with E-state index in [1.807, 2.05) is 13.2 Å². The van der Waals surface area contributed by atoms with Crippen LogP contribution in [0, 0.1) is 5.82 Å². The first-order valence-electron chi connectivity index (χ1n) is 5.43. The van der Waals surface area contributed by atoms with Crippen LogP contribution < -0.4 is 11.1 Å². The third-order valence-corrected chi connectivity index (χ3v) is 3.17. The third kappa shape index (κ3) is 3.93. The molecule has 0 aromatic heterocycles. The predicted molar refractivity (Wildman–Crippen MR) is 70.7 cm³/mol. The summed E-state index contributed by atoms with van der Waals surface area (Å²) in [6.07, 6.45) is 2.78. The lowest BCUT2D eigenvalue weighted by molar-refractivity contribution is 0.0936. The van der Waals surface area contributed by atoms with E-state index in [2.05, 4.69) is 5.32 Å². The molecule has 1 unspecified atom stereocenters. The van der Waals surface area contributed by atoms with Crippen molar-refractivity contribution in [3.63, 3.8) is 0 Å². The zero-order chi connectivity index (χ0) is 12.8. The number of anilines is 1. The highest BCUT2D eigenvalue weighted by Gasteiger charge is 2.15. The Morgan fingerprint density at radius 3 is 2.88 bits per heavy atom.